The van der Waals surface area contributed by atoms with Gasteiger partial charge in [0.2, 0.25) is 0 Å². The number of fused-ring (bicyclic) bond motifs is 1. The minimum absolute atomic E-state index is 0.0991. The van der Waals surface area contributed by atoms with Crippen molar-refractivity contribution in [1.29, 1.82) is 0 Å². The van der Waals surface area contributed by atoms with Crippen LogP contribution in [0.3, 0.4) is 0 Å². The van der Waals surface area contributed by atoms with Crippen molar-refractivity contribution in [3.8, 4) is 5.75 Å². The Morgan fingerprint density at radius 2 is 2.04 bits per heavy atom. The Kier molecular flexibility index (Phi) is 4.90. The van der Waals surface area contributed by atoms with Gasteiger partial charge in [-0.3, -0.25) is 0 Å². The molecule has 3 rings (SSSR count). The largest absolute Gasteiger partial charge is 0.493 e. The summed E-state index contributed by atoms with van der Waals surface area (Å²) in [6.07, 6.45) is 1.83. The molecule has 1 aliphatic heterocycles. The molecule has 1 aliphatic rings. The van der Waals surface area contributed by atoms with E-state index >= 15 is 0 Å². The summed E-state index contributed by atoms with van der Waals surface area (Å²) in [5.74, 6) is 1.67. The molecule has 5 heteroatoms. The van der Waals surface area contributed by atoms with Crippen LogP contribution in [0.2, 0.25) is 0 Å². The molecule has 1 N–H and O–H groups in total. The molecule has 0 spiro atoms. The quantitative estimate of drug-likeness (QED) is 0.885. The first-order chi connectivity index (χ1) is 11.2. The fraction of sp³-hybridized carbons (Fsp3) is 0.556. The van der Waals surface area contributed by atoms with Crippen LogP contribution in [-0.2, 0) is 9.47 Å². The topological polar surface area (TPSA) is 52.9 Å². The SMILES string of the molecule is COc1cccc2cc([C@H](C)NCC3(OC)CCOCC3)oc12. The number of benzene rings is 1. The predicted molar refractivity (Wildman–Crippen MR) is 89.0 cm³/mol. The van der Waals surface area contributed by atoms with E-state index < -0.39 is 0 Å². The molecule has 1 atom stereocenters. The van der Waals surface area contributed by atoms with Crippen molar-refractivity contribution in [2.45, 2.75) is 31.4 Å². The van der Waals surface area contributed by atoms with Gasteiger partial charge in [-0.1, -0.05) is 12.1 Å². The zero-order valence-corrected chi connectivity index (χ0v) is 14.1. The molecule has 1 aromatic carbocycles. The summed E-state index contributed by atoms with van der Waals surface area (Å²) in [4.78, 5) is 0. The zero-order valence-electron chi connectivity index (χ0n) is 14.1. The van der Waals surface area contributed by atoms with Crippen LogP contribution in [0.4, 0.5) is 0 Å². The Balaban J connectivity index is 1.71. The summed E-state index contributed by atoms with van der Waals surface area (Å²) in [5, 5.41) is 4.60. The lowest BCUT2D eigenvalue weighted by Crippen LogP contribution is -2.47. The molecule has 0 saturated carbocycles. The Labute approximate surface area is 136 Å². The van der Waals surface area contributed by atoms with Crippen molar-refractivity contribution in [2.24, 2.45) is 0 Å². The molecule has 126 valence electrons. The maximum atomic E-state index is 6.01. The third kappa shape index (κ3) is 3.37. The lowest BCUT2D eigenvalue weighted by atomic mass is 9.93. The van der Waals surface area contributed by atoms with Crippen LogP contribution in [0.15, 0.2) is 28.7 Å². The van der Waals surface area contributed by atoms with Crippen LogP contribution in [-0.4, -0.2) is 39.6 Å². The van der Waals surface area contributed by atoms with Crippen molar-refractivity contribution in [2.75, 3.05) is 34.0 Å². The van der Waals surface area contributed by atoms with Crippen LogP contribution in [0.1, 0.15) is 31.6 Å². The molecular weight excluding hydrogens is 294 g/mol. The van der Waals surface area contributed by atoms with Gasteiger partial charge in [0.05, 0.1) is 18.8 Å². The molecule has 0 amide bonds. The highest BCUT2D eigenvalue weighted by molar-refractivity contribution is 5.83. The van der Waals surface area contributed by atoms with E-state index in [0.717, 1.165) is 55.1 Å². The minimum Gasteiger partial charge on any atom is -0.493 e. The normalized spacial score (nSPS) is 18.9. The molecule has 0 unspecified atom stereocenters. The molecule has 1 saturated heterocycles. The number of ether oxygens (including phenoxy) is 3. The van der Waals surface area contributed by atoms with Gasteiger partial charge in [-0.2, -0.15) is 0 Å². The molecule has 0 radical (unpaired) electrons. The van der Waals surface area contributed by atoms with Gasteiger partial charge >= 0.3 is 0 Å². The molecule has 1 fully saturated rings. The molecule has 0 bridgehead atoms. The second-order valence-corrected chi connectivity index (χ2v) is 6.13. The van der Waals surface area contributed by atoms with E-state index in [1.165, 1.54) is 0 Å². The number of furan rings is 1. The Hall–Kier alpha value is -1.56. The number of hydrogen-bond acceptors (Lipinski definition) is 5. The van der Waals surface area contributed by atoms with E-state index in [2.05, 4.69) is 18.3 Å². The van der Waals surface area contributed by atoms with Gasteiger partial charge in [-0.15, -0.1) is 0 Å². The van der Waals surface area contributed by atoms with Crippen molar-refractivity contribution in [3.63, 3.8) is 0 Å². The molecular formula is C18H25NO4. The number of hydrogen-bond donors (Lipinski definition) is 1. The number of nitrogens with one attached hydrogen (secondary N) is 1. The highest BCUT2D eigenvalue weighted by atomic mass is 16.5. The van der Waals surface area contributed by atoms with E-state index in [1.54, 1.807) is 14.2 Å². The lowest BCUT2D eigenvalue weighted by Gasteiger charge is -2.36. The molecule has 1 aromatic heterocycles. The maximum Gasteiger partial charge on any atom is 0.176 e. The summed E-state index contributed by atoms with van der Waals surface area (Å²) >= 11 is 0. The molecule has 0 aliphatic carbocycles. The van der Waals surface area contributed by atoms with Crippen LogP contribution in [0, 0.1) is 0 Å². The number of rotatable bonds is 6. The average molecular weight is 319 g/mol. The highest BCUT2D eigenvalue weighted by Gasteiger charge is 2.32. The lowest BCUT2D eigenvalue weighted by molar-refractivity contribution is -0.0886. The van der Waals surface area contributed by atoms with Crippen molar-refractivity contribution >= 4 is 11.0 Å². The Bertz CT molecular complexity index is 646. The van der Waals surface area contributed by atoms with Crippen molar-refractivity contribution < 1.29 is 18.6 Å². The average Bonchev–Trinajstić information content (AvgIpc) is 3.04. The predicted octanol–water partition coefficient (Wildman–Crippen LogP) is 3.29. The summed E-state index contributed by atoms with van der Waals surface area (Å²) in [5.41, 5.74) is 0.655. The van der Waals surface area contributed by atoms with E-state index in [-0.39, 0.29) is 11.6 Å². The second kappa shape index (κ2) is 6.91. The monoisotopic (exact) mass is 319 g/mol. The van der Waals surface area contributed by atoms with E-state index in [1.807, 2.05) is 18.2 Å². The summed E-state index contributed by atoms with van der Waals surface area (Å²) in [7, 11) is 3.44. The van der Waals surface area contributed by atoms with Crippen LogP contribution >= 0.6 is 0 Å². The van der Waals surface area contributed by atoms with E-state index in [0.29, 0.717) is 0 Å². The molecule has 2 heterocycles. The Morgan fingerprint density at radius 1 is 1.26 bits per heavy atom. The van der Waals surface area contributed by atoms with Crippen molar-refractivity contribution in [3.05, 3.63) is 30.0 Å². The molecule has 2 aromatic rings. The Morgan fingerprint density at radius 3 is 2.74 bits per heavy atom. The van der Waals surface area contributed by atoms with E-state index in [9.17, 15) is 0 Å². The minimum atomic E-state index is -0.143. The van der Waals surface area contributed by atoms with Crippen LogP contribution in [0.5, 0.6) is 5.75 Å². The van der Waals surface area contributed by atoms with Gasteiger partial charge in [0.1, 0.15) is 5.76 Å². The smallest absolute Gasteiger partial charge is 0.176 e. The van der Waals surface area contributed by atoms with Gasteiger partial charge < -0.3 is 23.9 Å². The highest BCUT2D eigenvalue weighted by Crippen LogP contribution is 2.31. The van der Waals surface area contributed by atoms with Gasteiger partial charge in [-0.05, 0) is 19.1 Å². The van der Waals surface area contributed by atoms with Crippen LogP contribution < -0.4 is 10.1 Å². The third-order valence-corrected chi connectivity index (χ3v) is 4.74. The first-order valence-corrected chi connectivity index (χ1v) is 8.10. The van der Waals surface area contributed by atoms with Gasteiger partial charge in [-0.25, -0.2) is 0 Å². The zero-order chi connectivity index (χ0) is 16.3. The summed E-state index contributed by atoms with van der Waals surface area (Å²) in [6, 6.07) is 8.09. The number of para-hydroxylation sites is 1. The fourth-order valence-corrected chi connectivity index (χ4v) is 3.07. The standard InChI is InChI=1S/C18H25NO4/c1-13(19-12-18(21-3)7-9-22-10-8-18)16-11-14-5-4-6-15(20-2)17(14)23-16/h4-6,11,13,19H,7-10,12H2,1-3H3/t13-/m0/s1. The maximum absolute atomic E-state index is 6.01. The van der Waals surface area contributed by atoms with Crippen LogP contribution in [0.25, 0.3) is 11.0 Å². The van der Waals surface area contributed by atoms with Gasteiger partial charge in [0.25, 0.3) is 0 Å². The van der Waals surface area contributed by atoms with E-state index in [4.69, 9.17) is 18.6 Å². The molecule has 23 heavy (non-hydrogen) atoms. The molecule has 5 nitrogen and oxygen atoms in total. The first-order valence-electron chi connectivity index (χ1n) is 8.10. The van der Waals surface area contributed by atoms with Gasteiger partial charge in [0.15, 0.2) is 11.3 Å². The summed E-state index contributed by atoms with van der Waals surface area (Å²) in [6.45, 7) is 4.40. The van der Waals surface area contributed by atoms with Crippen molar-refractivity contribution in [1.82, 2.24) is 5.32 Å². The summed E-state index contributed by atoms with van der Waals surface area (Å²) < 4.78 is 22.6. The fourth-order valence-electron chi connectivity index (χ4n) is 3.07. The third-order valence-electron chi connectivity index (χ3n) is 4.74. The van der Waals surface area contributed by atoms with Gasteiger partial charge in [0, 0.05) is 45.1 Å². The first kappa shape index (κ1) is 16.3. The second-order valence-electron chi connectivity index (χ2n) is 6.13. The number of methoxy groups -OCH3 is 2.